The molecule has 2 heterocycles. The molecule has 114 valence electrons. The van der Waals surface area contributed by atoms with E-state index in [4.69, 9.17) is 9.47 Å². The maximum Gasteiger partial charge on any atom is 0.196 e. The van der Waals surface area contributed by atoms with Gasteiger partial charge in [0.1, 0.15) is 17.5 Å². The lowest BCUT2D eigenvalue weighted by atomic mass is 9.72. The molecule has 0 aromatic heterocycles. The number of carbonyl (C=O) groups excluding carboxylic acids is 1. The highest BCUT2D eigenvalue weighted by molar-refractivity contribution is 6.04. The van der Waals surface area contributed by atoms with Crippen molar-refractivity contribution in [2.75, 3.05) is 6.61 Å². The molecule has 2 fully saturated rings. The maximum atomic E-state index is 12.6. The van der Waals surface area contributed by atoms with Gasteiger partial charge in [-0.05, 0) is 39.0 Å². The number of ether oxygens (including phenoxy) is 2. The molecular formula is C17H22O4. The van der Waals surface area contributed by atoms with Crippen molar-refractivity contribution in [1.82, 2.24) is 0 Å². The Kier molecular flexibility index (Phi) is 2.57. The molecule has 4 heteroatoms. The van der Waals surface area contributed by atoms with Gasteiger partial charge in [0.2, 0.25) is 0 Å². The highest BCUT2D eigenvalue weighted by atomic mass is 16.6. The lowest BCUT2D eigenvalue weighted by molar-refractivity contribution is -0.136. The van der Waals surface area contributed by atoms with E-state index in [1.165, 1.54) is 0 Å². The van der Waals surface area contributed by atoms with Crippen LogP contribution in [0.2, 0.25) is 0 Å². The van der Waals surface area contributed by atoms with Crippen LogP contribution in [0, 0.1) is 11.8 Å². The van der Waals surface area contributed by atoms with Crippen LogP contribution in [0.1, 0.15) is 39.5 Å². The average Bonchev–Trinajstić information content (AvgIpc) is 2.94. The van der Waals surface area contributed by atoms with Crippen molar-refractivity contribution >= 4 is 5.78 Å². The number of hydrogen-bond acceptors (Lipinski definition) is 4. The SMILES string of the molecule is C=C(C)[C@@H]1CC[C@@]2(C)OC3=C(C[C@@H]12)C(=O)[C@]1(O)CO[C@H]3C1. The largest absolute Gasteiger partial charge is 0.488 e. The fourth-order valence-corrected chi connectivity index (χ4v) is 4.70. The molecule has 2 aliphatic carbocycles. The van der Waals surface area contributed by atoms with E-state index < -0.39 is 5.60 Å². The summed E-state index contributed by atoms with van der Waals surface area (Å²) in [6.45, 7) is 8.41. The Morgan fingerprint density at radius 3 is 2.95 bits per heavy atom. The van der Waals surface area contributed by atoms with Crippen molar-refractivity contribution < 1.29 is 19.4 Å². The van der Waals surface area contributed by atoms with Gasteiger partial charge in [0, 0.05) is 17.9 Å². The molecule has 2 bridgehead atoms. The third kappa shape index (κ3) is 1.66. The first kappa shape index (κ1) is 13.5. The van der Waals surface area contributed by atoms with Gasteiger partial charge >= 0.3 is 0 Å². The second-order valence-corrected chi connectivity index (χ2v) is 7.42. The monoisotopic (exact) mass is 290 g/mol. The molecule has 4 nitrogen and oxygen atoms in total. The molecule has 1 N–H and O–H groups in total. The third-order valence-corrected chi connectivity index (χ3v) is 5.95. The Labute approximate surface area is 124 Å². The van der Waals surface area contributed by atoms with Crippen molar-refractivity contribution in [3.8, 4) is 0 Å². The summed E-state index contributed by atoms with van der Waals surface area (Å²) in [4.78, 5) is 12.6. The maximum absolute atomic E-state index is 12.6. The molecule has 0 aromatic rings. The number of Topliss-reactive ketones (excluding diaryl/α,β-unsaturated/α-hetero) is 1. The molecule has 21 heavy (non-hydrogen) atoms. The van der Waals surface area contributed by atoms with Crippen molar-refractivity contribution in [2.24, 2.45) is 11.8 Å². The summed E-state index contributed by atoms with van der Waals surface area (Å²) in [6.07, 6.45) is 2.82. The molecule has 4 rings (SSSR count). The fraction of sp³-hybridized carbons (Fsp3) is 0.706. The van der Waals surface area contributed by atoms with Crippen LogP contribution < -0.4 is 0 Å². The van der Waals surface area contributed by atoms with E-state index in [1.54, 1.807) is 0 Å². The van der Waals surface area contributed by atoms with Gasteiger partial charge in [0.05, 0.1) is 6.61 Å². The van der Waals surface area contributed by atoms with E-state index in [0.717, 1.165) is 18.4 Å². The van der Waals surface area contributed by atoms with E-state index in [2.05, 4.69) is 20.4 Å². The highest BCUT2D eigenvalue weighted by Gasteiger charge is 2.59. The van der Waals surface area contributed by atoms with Gasteiger partial charge < -0.3 is 14.6 Å². The summed E-state index contributed by atoms with van der Waals surface area (Å²) in [5, 5.41) is 10.4. The Hall–Kier alpha value is -1.13. The van der Waals surface area contributed by atoms with Gasteiger partial charge in [-0.25, -0.2) is 0 Å². The average molecular weight is 290 g/mol. The molecule has 0 aromatic carbocycles. The topological polar surface area (TPSA) is 55.8 Å². The van der Waals surface area contributed by atoms with Gasteiger partial charge in [0.15, 0.2) is 11.4 Å². The van der Waals surface area contributed by atoms with E-state index >= 15 is 0 Å². The number of carbonyl (C=O) groups is 1. The molecular weight excluding hydrogens is 268 g/mol. The van der Waals surface area contributed by atoms with Crippen LogP contribution in [0.25, 0.3) is 0 Å². The highest BCUT2D eigenvalue weighted by Crippen LogP contribution is 2.55. The van der Waals surface area contributed by atoms with Gasteiger partial charge in [-0.3, -0.25) is 4.79 Å². The van der Waals surface area contributed by atoms with Gasteiger partial charge in [-0.1, -0.05) is 12.2 Å². The summed E-state index contributed by atoms with van der Waals surface area (Å²) in [7, 11) is 0. The predicted octanol–water partition coefficient (Wildman–Crippen LogP) is 2.12. The Morgan fingerprint density at radius 2 is 2.24 bits per heavy atom. The van der Waals surface area contributed by atoms with Crippen molar-refractivity contribution in [3.63, 3.8) is 0 Å². The number of rotatable bonds is 1. The molecule has 4 aliphatic rings. The molecule has 0 unspecified atom stereocenters. The lowest BCUT2D eigenvalue weighted by Crippen LogP contribution is -2.49. The van der Waals surface area contributed by atoms with Crippen molar-refractivity contribution in [1.29, 1.82) is 0 Å². The normalized spacial score (nSPS) is 48.0. The van der Waals surface area contributed by atoms with Crippen LogP contribution >= 0.6 is 0 Å². The molecule has 0 radical (unpaired) electrons. The number of aliphatic hydroxyl groups is 1. The fourth-order valence-electron chi connectivity index (χ4n) is 4.70. The first-order valence-corrected chi connectivity index (χ1v) is 7.80. The van der Waals surface area contributed by atoms with Crippen LogP contribution in [0.15, 0.2) is 23.5 Å². The van der Waals surface area contributed by atoms with Crippen LogP contribution in [-0.4, -0.2) is 34.8 Å². The number of hydrogen-bond donors (Lipinski definition) is 1. The zero-order valence-corrected chi connectivity index (χ0v) is 12.6. The lowest BCUT2D eigenvalue weighted by Gasteiger charge is -2.44. The summed E-state index contributed by atoms with van der Waals surface area (Å²) >= 11 is 0. The Morgan fingerprint density at radius 1 is 1.48 bits per heavy atom. The standard InChI is InChI=1S/C17H22O4/c1-9(2)10-4-5-16(3)12(10)6-11-14(21-16)13-7-17(19,8-20-13)15(11)18/h10,12-13,19H,1,4-8H2,2-3H3/t10-,12-,13-,16+,17+/m0/s1. The third-order valence-electron chi connectivity index (χ3n) is 5.95. The van der Waals surface area contributed by atoms with E-state index in [1.807, 2.05) is 0 Å². The molecule has 1 saturated carbocycles. The van der Waals surface area contributed by atoms with Crippen LogP contribution in [0.4, 0.5) is 0 Å². The number of fused-ring (bicyclic) bond motifs is 4. The molecule has 5 atom stereocenters. The molecule has 0 spiro atoms. The molecule has 0 amide bonds. The second kappa shape index (κ2) is 3.99. The first-order valence-electron chi connectivity index (χ1n) is 7.80. The van der Waals surface area contributed by atoms with Crippen LogP contribution in [0.5, 0.6) is 0 Å². The smallest absolute Gasteiger partial charge is 0.196 e. The minimum absolute atomic E-state index is 0.0954. The van der Waals surface area contributed by atoms with E-state index in [9.17, 15) is 9.90 Å². The van der Waals surface area contributed by atoms with Gasteiger partial charge in [-0.15, -0.1) is 0 Å². The van der Waals surface area contributed by atoms with E-state index in [-0.39, 0.29) is 30.0 Å². The zero-order valence-electron chi connectivity index (χ0n) is 12.6. The van der Waals surface area contributed by atoms with Crippen molar-refractivity contribution in [3.05, 3.63) is 23.5 Å². The zero-order chi connectivity index (χ0) is 15.0. The molecule has 2 aliphatic heterocycles. The summed E-state index contributed by atoms with van der Waals surface area (Å²) in [5.41, 5.74) is 0.279. The second-order valence-electron chi connectivity index (χ2n) is 7.42. The summed E-state index contributed by atoms with van der Waals surface area (Å²) < 4.78 is 11.9. The van der Waals surface area contributed by atoms with Crippen LogP contribution in [0.3, 0.4) is 0 Å². The van der Waals surface area contributed by atoms with E-state index in [0.29, 0.717) is 30.1 Å². The number of ketones is 1. The van der Waals surface area contributed by atoms with Crippen molar-refractivity contribution in [2.45, 2.75) is 56.8 Å². The quantitative estimate of drug-likeness (QED) is 0.752. The minimum Gasteiger partial charge on any atom is -0.488 e. The van der Waals surface area contributed by atoms with Crippen LogP contribution in [-0.2, 0) is 14.3 Å². The molecule has 1 saturated heterocycles. The number of allylic oxidation sites excluding steroid dienone is 1. The summed E-state index contributed by atoms with van der Waals surface area (Å²) in [5.74, 6) is 1.19. The predicted molar refractivity (Wildman–Crippen MR) is 76.5 cm³/mol. The Balaban J connectivity index is 1.75. The first-order chi connectivity index (χ1) is 9.84. The Bertz CT molecular complexity index is 577. The minimum atomic E-state index is -1.32. The van der Waals surface area contributed by atoms with Gasteiger partial charge in [0.25, 0.3) is 0 Å². The van der Waals surface area contributed by atoms with Gasteiger partial charge in [-0.2, -0.15) is 0 Å². The summed E-state index contributed by atoms with van der Waals surface area (Å²) in [6, 6.07) is 0.